The quantitative estimate of drug-likeness (QED) is 0.864. The molecule has 0 aliphatic rings. The van der Waals surface area contributed by atoms with Gasteiger partial charge in [0.25, 0.3) is 5.56 Å². The molecule has 0 unspecified atom stereocenters. The first-order valence-corrected chi connectivity index (χ1v) is 6.02. The topological polar surface area (TPSA) is 88.4 Å². The van der Waals surface area contributed by atoms with Crippen LogP contribution >= 0.6 is 0 Å². The highest BCUT2D eigenvalue weighted by Crippen LogP contribution is 2.14. The smallest absolute Gasteiger partial charge is 0.352 e. The number of amides is 1. The number of likely N-dealkylation sites (N-methyl/N-ethyl adjacent to an activating group) is 1. The molecule has 0 saturated carbocycles. The van der Waals surface area contributed by atoms with Gasteiger partial charge in [0.2, 0.25) is 5.91 Å². The van der Waals surface area contributed by atoms with Gasteiger partial charge < -0.3 is 10.4 Å². The first kappa shape index (κ1) is 13.8. The number of benzene rings is 1. The minimum absolute atomic E-state index is 0.197. The predicted molar refractivity (Wildman–Crippen MR) is 74.0 cm³/mol. The van der Waals surface area contributed by atoms with Gasteiger partial charge in [0.15, 0.2) is 0 Å². The number of carboxylic acid groups (broad SMARTS) is 1. The van der Waals surface area contributed by atoms with Crippen molar-refractivity contribution in [1.29, 1.82) is 0 Å². The lowest BCUT2D eigenvalue weighted by Gasteiger charge is -2.11. The van der Waals surface area contributed by atoms with E-state index in [1.54, 1.807) is 18.2 Å². The van der Waals surface area contributed by atoms with Gasteiger partial charge >= 0.3 is 5.97 Å². The Morgan fingerprint density at radius 3 is 2.60 bits per heavy atom. The average Bonchev–Trinajstić information content (AvgIpc) is 2.40. The van der Waals surface area contributed by atoms with Crippen LogP contribution in [0.4, 0.5) is 0 Å². The summed E-state index contributed by atoms with van der Waals surface area (Å²) in [6.45, 7) is 1.54. The number of carbonyl (C=O) groups excluding carboxylic acids is 1. The molecule has 6 heteroatoms. The van der Waals surface area contributed by atoms with Crippen molar-refractivity contribution in [1.82, 2.24) is 9.88 Å². The molecular formula is C14H14N2O4. The molecule has 2 aromatic rings. The summed E-state index contributed by atoms with van der Waals surface area (Å²) >= 11 is 0. The molecule has 0 radical (unpaired) electrons. The van der Waals surface area contributed by atoms with Crippen LogP contribution in [0.1, 0.15) is 16.1 Å². The van der Waals surface area contributed by atoms with Crippen LogP contribution in [-0.4, -0.2) is 28.6 Å². The van der Waals surface area contributed by atoms with Crippen LogP contribution < -0.4 is 10.9 Å². The van der Waals surface area contributed by atoms with Crippen molar-refractivity contribution < 1.29 is 14.7 Å². The maximum Gasteiger partial charge on any atom is 0.352 e. The molecule has 0 aliphatic heterocycles. The molecule has 2 rings (SSSR count). The van der Waals surface area contributed by atoms with E-state index in [1.165, 1.54) is 13.1 Å². The molecule has 6 nitrogen and oxygen atoms in total. The summed E-state index contributed by atoms with van der Waals surface area (Å²) in [7, 11) is 1.43. The van der Waals surface area contributed by atoms with Crippen LogP contribution in [0.15, 0.2) is 29.1 Å². The van der Waals surface area contributed by atoms with Crippen LogP contribution in [0.3, 0.4) is 0 Å². The average molecular weight is 274 g/mol. The molecule has 0 saturated heterocycles. The molecular weight excluding hydrogens is 260 g/mol. The van der Waals surface area contributed by atoms with Gasteiger partial charge in [-0.1, -0.05) is 17.7 Å². The lowest BCUT2D eigenvalue weighted by molar-refractivity contribution is -0.121. The number of nitrogens with zero attached hydrogens (tertiary/aromatic N) is 1. The van der Waals surface area contributed by atoms with Gasteiger partial charge in [-0.3, -0.25) is 14.2 Å². The lowest BCUT2D eigenvalue weighted by atomic mass is 10.1. The van der Waals surface area contributed by atoms with Crippen molar-refractivity contribution in [2.45, 2.75) is 13.5 Å². The Morgan fingerprint density at radius 2 is 2.00 bits per heavy atom. The summed E-state index contributed by atoms with van der Waals surface area (Å²) in [6, 6.07) is 6.57. The minimum Gasteiger partial charge on any atom is -0.477 e. The van der Waals surface area contributed by atoms with Crippen LogP contribution in [0.5, 0.6) is 0 Å². The highest BCUT2D eigenvalue weighted by molar-refractivity contribution is 5.93. The van der Waals surface area contributed by atoms with E-state index in [9.17, 15) is 19.5 Å². The molecule has 0 atom stereocenters. The highest BCUT2D eigenvalue weighted by Gasteiger charge is 2.16. The Bertz CT molecular complexity index is 762. The third kappa shape index (κ3) is 2.40. The fourth-order valence-electron chi connectivity index (χ4n) is 2.03. The molecule has 20 heavy (non-hydrogen) atoms. The normalized spacial score (nSPS) is 10.5. The van der Waals surface area contributed by atoms with Gasteiger partial charge in [-0.05, 0) is 24.4 Å². The molecule has 1 amide bonds. The van der Waals surface area contributed by atoms with E-state index in [1.807, 2.05) is 6.92 Å². The van der Waals surface area contributed by atoms with Gasteiger partial charge in [0.05, 0.1) is 0 Å². The number of hydrogen-bond donors (Lipinski definition) is 2. The van der Waals surface area contributed by atoms with E-state index >= 15 is 0 Å². The van der Waals surface area contributed by atoms with Crippen LogP contribution in [0.25, 0.3) is 10.8 Å². The SMILES string of the molecule is CNC(=O)Cn1c(C(=O)O)cc2cc(C)ccc2c1=O. The zero-order valence-corrected chi connectivity index (χ0v) is 11.1. The van der Waals surface area contributed by atoms with Crippen LogP contribution in [-0.2, 0) is 11.3 Å². The van der Waals surface area contributed by atoms with Crippen molar-refractivity contribution in [3.8, 4) is 0 Å². The second-order valence-electron chi connectivity index (χ2n) is 4.49. The number of nitrogens with one attached hydrogen (secondary N) is 1. The fraction of sp³-hybridized carbons (Fsp3) is 0.214. The number of pyridine rings is 1. The Balaban J connectivity index is 2.77. The Kier molecular flexibility index (Phi) is 3.56. The Labute approximate surface area is 114 Å². The molecule has 1 aromatic heterocycles. The van der Waals surface area contributed by atoms with Gasteiger partial charge in [-0.25, -0.2) is 4.79 Å². The number of rotatable bonds is 3. The van der Waals surface area contributed by atoms with E-state index in [2.05, 4.69) is 5.32 Å². The predicted octanol–water partition coefficient (Wildman–Crippen LogP) is 0.754. The molecule has 104 valence electrons. The monoisotopic (exact) mass is 274 g/mol. The Hall–Kier alpha value is -2.63. The molecule has 0 fully saturated rings. The Morgan fingerprint density at radius 1 is 1.30 bits per heavy atom. The van der Waals surface area contributed by atoms with E-state index < -0.39 is 17.4 Å². The third-order valence-electron chi connectivity index (χ3n) is 3.07. The molecule has 0 aliphatic carbocycles. The fourth-order valence-corrected chi connectivity index (χ4v) is 2.03. The maximum atomic E-state index is 12.3. The van der Waals surface area contributed by atoms with E-state index in [0.29, 0.717) is 10.8 Å². The number of aromatic carboxylic acids is 1. The number of carboxylic acids is 1. The summed E-state index contributed by atoms with van der Waals surface area (Å²) in [5.74, 6) is -1.67. The summed E-state index contributed by atoms with van der Waals surface area (Å²) in [5.41, 5.74) is 0.248. The van der Waals surface area contributed by atoms with Crippen LogP contribution in [0, 0.1) is 6.92 Å². The van der Waals surface area contributed by atoms with Gasteiger partial charge in [-0.2, -0.15) is 0 Å². The number of hydrogen-bond acceptors (Lipinski definition) is 3. The van der Waals surface area contributed by atoms with Gasteiger partial charge in [0.1, 0.15) is 12.2 Å². The zero-order valence-electron chi connectivity index (χ0n) is 11.1. The summed E-state index contributed by atoms with van der Waals surface area (Å²) in [6.07, 6.45) is 0. The second kappa shape index (κ2) is 5.16. The highest BCUT2D eigenvalue weighted by atomic mass is 16.4. The van der Waals surface area contributed by atoms with Crippen LogP contribution in [0.2, 0.25) is 0 Å². The number of aryl methyl sites for hydroxylation is 1. The molecule has 0 spiro atoms. The van der Waals surface area contributed by atoms with Crippen molar-refractivity contribution in [2.24, 2.45) is 0 Å². The number of aromatic nitrogens is 1. The zero-order chi connectivity index (χ0) is 14.9. The molecule has 0 bridgehead atoms. The largest absolute Gasteiger partial charge is 0.477 e. The van der Waals surface area contributed by atoms with E-state index in [4.69, 9.17) is 0 Å². The number of carbonyl (C=O) groups is 2. The minimum atomic E-state index is -1.24. The first-order chi connectivity index (χ1) is 9.43. The summed E-state index contributed by atoms with van der Waals surface area (Å²) in [4.78, 5) is 35.1. The van der Waals surface area contributed by atoms with Gasteiger partial charge in [0, 0.05) is 12.4 Å². The molecule has 2 N–H and O–H groups in total. The number of fused-ring (bicyclic) bond motifs is 1. The standard InChI is InChI=1S/C14H14N2O4/c1-8-3-4-10-9(5-8)6-11(14(19)20)16(13(10)18)7-12(17)15-2/h3-6H,7H2,1-2H3,(H,15,17)(H,19,20). The third-order valence-corrected chi connectivity index (χ3v) is 3.07. The van der Waals surface area contributed by atoms with E-state index in [-0.39, 0.29) is 12.2 Å². The maximum absolute atomic E-state index is 12.3. The molecule has 1 aromatic carbocycles. The first-order valence-electron chi connectivity index (χ1n) is 6.02. The van der Waals surface area contributed by atoms with Gasteiger partial charge in [-0.15, -0.1) is 0 Å². The van der Waals surface area contributed by atoms with E-state index in [0.717, 1.165) is 10.1 Å². The van der Waals surface area contributed by atoms with Crippen molar-refractivity contribution in [3.63, 3.8) is 0 Å². The summed E-state index contributed by atoms with van der Waals surface area (Å²) in [5, 5.41) is 12.5. The molecule has 1 heterocycles. The van der Waals surface area contributed by atoms with Crippen molar-refractivity contribution >= 4 is 22.6 Å². The lowest BCUT2D eigenvalue weighted by Crippen LogP contribution is -2.33. The second-order valence-corrected chi connectivity index (χ2v) is 4.49. The van der Waals surface area contributed by atoms with Crippen molar-refractivity contribution in [2.75, 3.05) is 7.05 Å². The summed E-state index contributed by atoms with van der Waals surface area (Å²) < 4.78 is 0.971. The van der Waals surface area contributed by atoms with Crippen molar-refractivity contribution in [3.05, 3.63) is 45.9 Å².